The minimum Gasteiger partial charge on any atom is -0.458 e. The van der Waals surface area contributed by atoms with E-state index in [1.165, 1.54) is 76.4 Å². The minimum absolute atomic E-state index is 0.00915. The van der Waals surface area contributed by atoms with Crippen LogP contribution < -0.4 is 52.1 Å². The Kier molecular flexibility index (Phi) is 8.08. The van der Waals surface area contributed by atoms with Crippen molar-refractivity contribution in [1.29, 1.82) is 0 Å². The molecule has 0 amide bonds. The van der Waals surface area contributed by atoms with Crippen molar-refractivity contribution in [2.24, 2.45) is 0 Å². The second kappa shape index (κ2) is 14.9. The van der Waals surface area contributed by atoms with Crippen LogP contribution >= 0.6 is 0 Å². The fourth-order valence-electron chi connectivity index (χ4n) is 13.2. The smallest absolute Gasteiger partial charge is 0.256 e. The van der Waals surface area contributed by atoms with Crippen molar-refractivity contribution in [1.82, 2.24) is 9.13 Å². The summed E-state index contributed by atoms with van der Waals surface area (Å²) in [5, 5.41) is 4.99. The zero-order chi connectivity index (χ0) is 48.2. The molecule has 11 aromatic carbocycles. The summed E-state index contributed by atoms with van der Waals surface area (Å²) >= 11 is 0. The van der Waals surface area contributed by atoms with E-state index in [0.717, 1.165) is 68.5 Å². The molecule has 0 saturated carbocycles. The number of fused-ring (bicyclic) bond motifs is 14. The van der Waals surface area contributed by atoms with Crippen LogP contribution in [0.5, 0.6) is 23.0 Å². The topological polar surface area (TPSA) is 34.8 Å². The summed E-state index contributed by atoms with van der Waals surface area (Å²) in [6, 6.07) is 87.8. The Morgan fingerprint density at radius 2 is 0.676 bits per heavy atom. The van der Waals surface area contributed by atoms with E-state index in [0.29, 0.717) is 0 Å². The van der Waals surface area contributed by atoms with Gasteiger partial charge in [0.1, 0.15) is 23.0 Å². The second-order valence-corrected chi connectivity index (χ2v) is 19.9. The number of ether oxygens (including phenoxy) is 2. The fourth-order valence-corrected chi connectivity index (χ4v) is 13.2. The van der Waals surface area contributed by atoms with E-state index in [1.807, 2.05) is 0 Å². The van der Waals surface area contributed by atoms with Crippen molar-refractivity contribution in [2.75, 3.05) is 9.80 Å². The van der Waals surface area contributed by atoms with Crippen molar-refractivity contribution in [3.05, 3.63) is 243 Å². The average molecular weight is 943 g/mol. The van der Waals surface area contributed by atoms with E-state index in [-0.39, 0.29) is 13.4 Å². The van der Waals surface area contributed by atoms with Crippen molar-refractivity contribution in [2.45, 2.75) is 0 Å². The molecule has 0 fully saturated rings. The predicted molar refractivity (Wildman–Crippen MR) is 307 cm³/mol. The summed E-state index contributed by atoms with van der Waals surface area (Å²) in [5.74, 6) is 3.54. The Bertz CT molecular complexity index is 4150. The zero-order valence-corrected chi connectivity index (χ0v) is 39.9. The standard InChI is InChI=1S/C66H40B2N4O2/c1-5-17-41(18-6-1)69(42-19-7-2-8-20-42)45-33-35-51-61(37-45)73-59-31-15-29-55-63(59)67(51)53-27-13-25-47-49-39-50-48-26-14-28-54-66(48)72(58(50)40-57(49)71(55)65(47)53)56-30-16-32-60-64(56)68(54)52-36-34-46(38-62(52)74-60)70(43-21-9-3-10-22-43)44-23-11-4-12-24-44/h1-40H. The van der Waals surface area contributed by atoms with Crippen LogP contribution in [0.15, 0.2) is 243 Å². The van der Waals surface area contributed by atoms with Gasteiger partial charge in [0.15, 0.2) is 0 Å². The molecule has 6 nitrogen and oxygen atoms in total. The van der Waals surface area contributed by atoms with E-state index >= 15 is 0 Å². The first-order valence-corrected chi connectivity index (χ1v) is 25.5. The van der Waals surface area contributed by atoms with Crippen molar-refractivity contribution in [3.8, 4) is 34.4 Å². The molecule has 74 heavy (non-hydrogen) atoms. The summed E-state index contributed by atoms with van der Waals surface area (Å²) in [5.41, 5.74) is 20.9. The number of para-hydroxylation sites is 6. The van der Waals surface area contributed by atoms with Gasteiger partial charge in [0.05, 0.1) is 11.0 Å². The van der Waals surface area contributed by atoms with Gasteiger partial charge in [0.2, 0.25) is 0 Å². The lowest BCUT2D eigenvalue weighted by atomic mass is 9.34. The molecule has 13 aromatic rings. The van der Waals surface area contributed by atoms with E-state index in [9.17, 15) is 0 Å². The fraction of sp³-hybridized carbons (Fsp3) is 0. The lowest BCUT2D eigenvalue weighted by Crippen LogP contribution is -2.58. The average Bonchev–Trinajstić information content (AvgIpc) is 4.08. The maximum absolute atomic E-state index is 7.06. The number of rotatable bonds is 6. The summed E-state index contributed by atoms with van der Waals surface area (Å²) in [6.07, 6.45) is 0. The summed E-state index contributed by atoms with van der Waals surface area (Å²) in [4.78, 5) is 4.61. The van der Waals surface area contributed by atoms with E-state index in [1.54, 1.807) is 0 Å². The third-order valence-corrected chi connectivity index (χ3v) is 16.2. The van der Waals surface area contributed by atoms with Crippen molar-refractivity contribution < 1.29 is 9.47 Å². The Labute approximate surface area is 427 Å². The van der Waals surface area contributed by atoms with Gasteiger partial charge in [-0.15, -0.1) is 0 Å². The minimum atomic E-state index is -0.00915. The van der Waals surface area contributed by atoms with Gasteiger partial charge in [-0.25, -0.2) is 0 Å². The first-order valence-electron chi connectivity index (χ1n) is 25.5. The Morgan fingerprint density at radius 1 is 0.284 bits per heavy atom. The van der Waals surface area contributed by atoms with Crippen molar-refractivity contribution in [3.63, 3.8) is 0 Å². The van der Waals surface area contributed by atoms with Crippen LogP contribution in [0.1, 0.15) is 0 Å². The molecule has 0 saturated heterocycles. The number of benzene rings is 11. The monoisotopic (exact) mass is 942 g/mol. The van der Waals surface area contributed by atoms with E-state index in [2.05, 4.69) is 262 Å². The maximum Gasteiger partial charge on any atom is 0.256 e. The Hall–Kier alpha value is -9.65. The summed E-state index contributed by atoms with van der Waals surface area (Å²) < 4.78 is 19.2. The van der Waals surface area contributed by atoms with Crippen LogP contribution in [0.2, 0.25) is 0 Å². The number of hydrogen-bond acceptors (Lipinski definition) is 4. The first-order chi connectivity index (χ1) is 36.7. The van der Waals surface area contributed by atoms with Gasteiger partial charge in [-0.1, -0.05) is 133 Å². The van der Waals surface area contributed by atoms with Gasteiger partial charge >= 0.3 is 0 Å². The van der Waals surface area contributed by atoms with Gasteiger partial charge in [-0.2, -0.15) is 0 Å². The van der Waals surface area contributed by atoms with Crippen LogP contribution in [-0.2, 0) is 0 Å². The highest BCUT2D eigenvalue weighted by atomic mass is 16.5. The molecule has 8 heteroatoms. The summed E-state index contributed by atoms with van der Waals surface area (Å²) in [7, 11) is 0. The van der Waals surface area contributed by atoms with Gasteiger partial charge < -0.3 is 28.4 Å². The molecule has 2 aromatic heterocycles. The molecule has 0 spiro atoms. The molecular weight excluding hydrogens is 902 g/mol. The van der Waals surface area contributed by atoms with Crippen LogP contribution in [0, 0.1) is 0 Å². The highest BCUT2D eigenvalue weighted by Crippen LogP contribution is 2.45. The number of anilines is 6. The Balaban J connectivity index is 0.843. The molecule has 0 radical (unpaired) electrons. The van der Waals surface area contributed by atoms with Gasteiger partial charge in [0.25, 0.3) is 13.4 Å². The van der Waals surface area contributed by atoms with Gasteiger partial charge in [-0.3, -0.25) is 0 Å². The second-order valence-electron chi connectivity index (χ2n) is 19.9. The molecule has 342 valence electrons. The molecule has 6 heterocycles. The molecule has 0 N–H and O–H groups in total. The summed E-state index contributed by atoms with van der Waals surface area (Å²) in [6.45, 7) is -0.0183. The molecule has 0 aliphatic carbocycles. The van der Waals surface area contributed by atoms with Crippen LogP contribution in [-0.4, -0.2) is 22.6 Å². The largest absolute Gasteiger partial charge is 0.458 e. The molecule has 0 bridgehead atoms. The van der Waals surface area contributed by atoms with E-state index in [4.69, 9.17) is 9.47 Å². The molecule has 0 unspecified atom stereocenters. The molecule has 17 rings (SSSR count). The maximum atomic E-state index is 7.06. The highest BCUT2D eigenvalue weighted by Gasteiger charge is 2.43. The molecular formula is C66H40B2N4O2. The predicted octanol–water partition coefficient (Wildman–Crippen LogP) is 12.7. The van der Waals surface area contributed by atoms with E-state index < -0.39 is 0 Å². The molecule has 0 atom stereocenters. The van der Waals surface area contributed by atoms with Gasteiger partial charge in [-0.05, 0) is 130 Å². The highest BCUT2D eigenvalue weighted by molar-refractivity contribution is 7.00. The number of aromatic nitrogens is 2. The Morgan fingerprint density at radius 3 is 1.08 bits per heavy atom. The SMILES string of the molecule is c1ccc(N(c2ccccc2)c2ccc3c(c2)Oc2cccc4c2B3c2cccc3c5cc6c7cccc8c7n(c6cc5n-4c23)-c2cccc3c2B8c2ccc(N(c4ccccc4)c4ccccc4)cc2O3)cc1. The lowest BCUT2D eigenvalue weighted by molar-refractivity contribution is 0.487. The third-order valence-electron chi connectivity index (χ3n) is 16.2. The first kappa shape index (κ1) is 40.0. The van der Waals surface area contributed by atoms with Crippen LogP contribution in [0.25, 0.3) is 55.0 Å². The lowest BCUT2D eigenvalue weighted by Gasteiger charge is -2.34. The molecule has 4 aliphatic heterocycles. The number of hydrogen-bond donors (Lipinski definition) is 0. The third kappa shape index (κ3) is 5.41. The zero-order valence-electron chi connectivity index (χ0n) is 39.9. The van der Waals surface area contributed by atoms with Gasteiger partial charge in [0, 0.05) is 90.2 Å². The van der Waals surface area contributed by atoms with Crippen molar-refractivity contribution >= 4 is 124 Å². The quantitative estimate of drug-likeness (QED) is 0.156. The number of nitrogens with zero attached hydrogens (tertiary/aromatic N) is 4. The normalized spacial score (nSPS) is 13.0. The molecule has 4 aliphatic rings. The van der Waals surface area contributed by atoms with Crippen LogP contribution in [0.4, 0.5) is 34.1 Å². The van der Waals surface area contributed by atoms with Crippen LogP contribution in [0.3, 0.4) is 0 Å².